The third-order valence-corrected chi connectivity index (χ3v) is 5.60. The molecule has 2 heterocycles. The van der Waals surface area contributed by atoms with Crippen molar-refractivity contribution in [3.05, 3.63) is 15.9 Å². The lowest BCUT2D eigenvalue weighted by Gasteiger charge is -2.30. The van der Waals surface area contributed by atoms with Gasteiger partial charge >= 0.3 is 0 Å². The van der Waals surface area contributed by atoms with Crippen LogP contribution in [0.1, 0.15) is 45.5 Å². The number of aromatic nitrogens is 2. The second-order valence-electron chi connectivity index (χ2n) is 6.56. The fraction of sp³-hybridized carbons (Fsp3) is 0.812. The summed E-state index contributed by atoms with van der Waals surface area (Å²) in [5, 5.41) is 8.32. The summed E-state index contributed by atoms with van der Waals surface area (Å²) >= 11 is 3.75. The van der Waals surface area contributed by atoms with Crippen LogP contribution in [0.2, 0.25) is 0 Å². The van der Waals surface area contributed by atoms with Crippen molar-refractivity contribution in [2.45, 2.75) is 59.2 Å². The Kier molecular flexibility index (Phi) is 5.86. The first kappa shape index (κ1) is 17.0. The van der Waals surface area contributed by atoms with Crippen LogP contribution in [0.4, 0.5) is 0 Å². The van der Waals surface area contributed by atoms with Crippen molar-refractivity contribution in [3.8, 4) is 0 Å². The van der Waals surface area contributed by atoms with E-state index in [1.165, 1.54) is 16.6 Å². The second-order valence-corrected chi connectivity index (χ2v) is 7.35. The molecule has 5 heteroatoms. The quantitative estimate of drug-likeness (QED) is 0.900. The fourth-order valence-electron chi connectivity index (χ4n) is 3.01. The monoisotopic (exact) mass is 356 g/mol. The maximum atomic E-state index is 4.62. The van der Waals surface area contributed by atoms with E-state index >= 15 is 0 Å². The normalized spacial score (nSPS) is 24.5. The Balaban J connectivity index is 2.17. The van der Waals surface area contributed by atoms with E-state index in [4.69, 9.17) is 0 Å². The topological polar surface area (TPSA) is 33.1 Å². The number of aryl methyl sites for hydroxylation is 2. The first-order chi connectivity index (χ1) is 9.93. The van der Waals surface area contributed by atoms with Crippen LogP contribution in [0.25, 0.3) is 0 Å². The van der Waals surface area contributed by atoms with Crippen LogP contribution in [0.5, 0.6) is 0 Å². The van der Waals surface area contributed by atoms with Gasteiger partial charge in [-0.2, -0.15) is 5.10 Å². The predicted molar refractivity (Wildman–Crippen MR) is 91.4 cm³/mol. The molecule has 1 aromatic rings. The van der Waals surface area contributed by atoms with Gasteiger partial charge in [0.15, 0.2) is 0 Å². The Morgan fingerprint density at radius 2 is 2.14 bits per heavy atom. The Hall–Kier alpha value is -0.390. The van der Waals surface area contributed by atoms with E-state index in [0.29, 0.717) is 18.0 Å². The molecule has 120 valence electrons. The molecular weight excluding hydrogens is 328 g/mol. The van der Waals surface area contributed by atoms with Crippen LogP contribution < -0.4 is 5.32 Å². The third kappa shape index (κ3) is 3.88. The van der Waals surface area contributed by atoms with Gasteiger partial charge in [-0.3, -0.25) is 9.58 Å². The van der Waals surface area contributed by atoms with E-state index in [-0.39, 0.29) is 0 Å². The summed E-state index contributed by atoms with van der Waals surface area (Å²) in [6.45, 7) is 12.3. The molecule has 1 N–H and O–H groups in total. The maximum absolute atomic E-state index is 4.62. The van der Waals surface area contributed by atoms with Crippen molar-refractivity contribution in [3.63, 3.8) is 0 Å². The van der Waals surface area contributed by atoms with Crippen molar-refractivity contribution in [1.82, 2.24) is 20.0 Å². The van der Waals surface area contributed by atoms with Gasteiger partial charge in [-0.25, -0.2) is 0 Å². The highest BCUT2D eigenvalue weighted by atomic mass is 79.9. The van der Waals surface area contributed by atoms with E-state index in [1.807, 2.05) is 4.68 Å². The fourth-order valence-corrected chi connectivity index (χ4v) is 3.75. The molecule has 0 radical (unpaired) electrons. The van der Waals surface area contributed by atoms with Crippen molar-refractivity contribution in [2.75, 3.05) is 13.1 Å². The molecule has 1 saturated heterocycles. The molecule has 2 unspecified atom stereocenters. The molecule has 0 spiro atoms. The maximum Gasteiger partial charge on any atom is 0.0767 e. The summed E-state index contributed by atoms with van der Waals surface area (Å²) in [5.74, 6) is 0.666. The van der Waals surface area contributed by atoms with Gasteiger partial charge < -0.3 is 5.32 Å². The van der Waals surface area contributed by atoms with Crippen LogP contribution in [0.15, 0.2) is 4.47 Å². The van der Waals surface area contributed by atoms with Crippen molar-refractivity contribution in [1.29, 1.82) is 0 Å². The molecule has 0 amide bonds. The van der Waals surface area contributed by atoms with E-state index in [9.17, 15) is 0 Å². The zero-order valence-corrected chi connectivity index (χ0v) is 15.6. The molecular formula is C16H29BrN4. The van der Waals surface area contributed by atoms with Crippen LogP contribution >= 0.6 is 15.9 Å². The number of halogens is 1. The molecule has 0 bridgehead atoms. The summed E-state index contributed by atoms with van der Waals surface area (Å²) in [4.78, 5) is 2.60. The van der Waals surface area contributed by atoms with Gasteiger partial charge in [-0.05, 0) is 48.2 Å². The molecule has 1 aromatic heterocycles. The Labute approximate surface area is 137 Å². The van der Waals surface area contributed by atoms with Crippen molar-refractivity contribution in [2.24, 2.45) is 13.0 Å². The molecule has 1 aliphatic heterocycles. The number of nitrogens with one attached hydrogen (secondary N) is 1. The average Bonchev–Trinajstić information content (AvgIpc) is 2.60. The predicted octanol–water partition coefficient (Wildman–Crippen LogP) is 2.95. The van der Waals surface area contributed by atoms with Crippen LogP contribution in [-0.4, -0.2) is 39.9 Å². The molecule has 2 rings (SSSR count). The summed E-state index contributed by atoms with van der Waals surface area (Å²) in [7, 11) is 2.06. The van der Waals surface area contributed by atoms with Gasteiger partial charge in [0.25, 0.3) is 0 Å². The minimum atomic E-state index is 0.576. The second kappa shape index (κ2) is 7.25. The lowest BCUT2D eigenvalue weighted by atomic mass is 10.0. The zero-order valence-electron chi connectivity index (χ0n) is 14.0. The van der Waals surface area contributed by atoms with Crippen molar-refractivity contribution < 1.29 is 0 Å². The highest BCUT2D eigenvalue weighted by molar-refractivity contribution is 9.10. The van der Waals surface area contributed by atoms with E-state index in [1.54, 1.807) is 0 Å². The van der Waals surface area contributed by atoms with Crippen LogP contribution in [0.3, 0.4) is 0 Å². The number of hydrogen-bond acceptors (Lipinski definition) is 3. The minimum absolute atomic E-state index is 0.576. The van der Waals surface area contributed by atoms with Gasteiger partial charge in [0.05, 0.1) is 15.9 Å². The molecule has 1 fully saturated rings. The molecule has 0 aromatic carbocycles. The van der Waals surface area contributed by atoms with Crippen molar-refractivity contribution >= 4 is 15.9 Å². The van der Waals surface area contributed by atoms with Gasteiger partial charge in [-0.15, -0.1) is 0 Å². The van der Waals surface area contributed by atoms with E-state index in [0.717, 1.165) is 31.7 Å². The van der Waals surface area contributed by atoms with Gasteiger partial charge in [-0.1, -0.05) is 20.8 Å². The summed E-state index contributed by atoms with van der Waals surface area (Å²) < 4.78 is 3.23. The van der Waals surface area contributed by atoms with Crippen LogP contribution in [0, 0.1) is 5.92 Å². The first-order valence-corrected chi connectivity index (χ1v) is 8.91. The summed E-state index contributed by atoms with van der Waals surface area (Å²) in [6, 6.07) is 1.18. The van der Waals surface area contributed by atoms with Gasteiger partial charge in [0.2, 0.25) is 0 Å². The van der Waals surface area contributed by atoms with Gasteiger partial charge in [0.1, 0.15) is 0 Å². The third-order valence-electron chi connectivity index (χ3n) is 4.68. The van der Waals surface area contributed by atoms with E-state index in [2.05, 4.69) is 66.0 Å². The number of nitrogens with zero attached hydrogens (tertiary/aromatic N) is 3. The minimum Gasteiger partial charge on any atom is -0.312 e. The Morgan fingerprint density at radius 1 is 1.43 bits per heavy atom. The number of rotatable bonds is 4. The molecule has 21 heavy (non-hydrogen) atoms. The first-order valence-electron chi connectivity index (χ1n) is 8.11. The lowest BCUT2D eigenvalue weighted by molar-refractivity contribution is 0.179. The molecule has 4 nitrogen and oxygen atoms in total. The largest absolute Gasteiger partial charge is 0.312 e. The summed E-state index contributed by atoms with van der Waals surface area (Å²) in [6.07, 6.45) is 2.18. The highest BCUT2D eigenvalue weighted by Gasteiger charge is 2.26. The number of hydrogen-bond donors (Lipinski definition) is 1. The molecule has 2 atom stereocenters. The summed E-state index contributed by atoms with van der Waals surface area (Å²) in [5.41, 5.74) is 2.46. The Bertz CT molecular complexity index is 469. The average molecular weight is 357 g/mol. The zero-order chi connectivity index (χ0) is 15.6. The highest BCUT2D eigenvalue weighted by Crippen LogP contribution is 2.25. The van der Waals surface area contributed by atoms with Gasteiger partial charge in [0, 0.05) is 32.2 Å². The smallest absolute Gasteiger partial charge is 0.0767 e. The lowest BCUT2D eigenvalue weighted by Crippen LogP contribution is -2.42. The molecule has 0 saturated carbocycles. The standard InChI is InChI=1S/C16H29BrN4/c1-6-13-16(17)15(20(5)19-13)10-21-9-14(11(2)3)18-8-7-12(21)4/h11-12,14,18H,6-10H2,1-5H3. The molecule has 1 aliphatic rings. The Morgan fingerprint density at radius 3 is 2.71 bits per heavy atom. The van der Waals surface area contributed by atoms with E-state index < -0.39 is 0 Å². The molecule has 0 aliphatic carbocycles. The van der Waals surface area contributed by atoms with Crippen LogP contribution in [-0.2, 0) is 20.0 Å². The SMILES string of the molecule is CCc1nn(C)c(CN2CC(C(C)C)NCCC2C)c1Br.